The first kappa shape index (κ1) is 15.1. The number of benzene rings is 2. The van der Waals surface area contributed by atoms with Crippen LogP contribution in [0.2, 0.25) is 0 Å². The smallest absolute Gasteiger partial charge is 0.0651 e. The molecule has 0 saturated carbocycles. The highest BCUT2D eigenvalue weighted by Crippen LogP contribution is 2.36. The Kier molecular flexibility index (Phi) is 5.25. The molecule has 2 rings (SSSR count). The fraction of sp³-hybridized carbons (Fsp3) is 0.368. The first-order valence-corrected chi connectivity index (χ1v) is 7.86. The van der Waals surface area contributed by atoms with Gasteiger partial charge in [-0.15, -0.1) is 11.6 Å². The zero-order valence-corrected chi connectivity index (χ0v) is 13.3. The van der Waals surface area contributed by atoms with Crippen molar-refractivity contribution in [3.63, 3.8) is 0 Å². The summed E-state index contributed by atoms with van der Waals surface area (Å²) in [6.07, 6.45) is 1.17. The SMILES string of the molecule is CCC(C)c1ccc(C(Cl)C(C)c2ccccc2)cc1. The summed E-state index contributed by atoms with van der Waals surface area (Å²) in [4.78, 5) is 0. The average molecular weight is 287 g/mol. The molecule has 0 N–H and O–H groups in total. The topological polar surface area (TPSA) is 0 Å². The van der Waals surface area contributed by atoms with Gasteiger partial charge in [0, 0.05) is 5.92 Å². The van der Waals surface area contributed by atoms with E-state index in [1.54, 1.807) is 0 Å². The predicted octanol–water partition coefficient (Wildman–Crippen LogP) is 6.28. The molecule has 0 aliphatic carbocycles. The van der Waals surface area contributed by atoms with Gasteiger partial charge in [0.05, 0.1) is 5.38 Å². The van der Waals surface area contributed by atoms with Crippen LogP contribution in [-0.4, -0.2) is 0 Å². The fourth-order valence-electron chi connectivity index (χ4n) is 2.46. The monoisotopic (exact) mass is 286 g/mol. The second-order valence-corrected chi connectivity index (χ2v) is 6.05. The van der Waals surface area contributed by atoms with Gasteiger partial charge in [-0.3, -0.25) is 0 Å². The molecule has 0 aliphatic heterocycles. The van der Waals surface area contributed by atoms with Crippen LogP contribution >= 0.6 is 11.6 Å². The first-order chi connectivity index (χ1) is 9.63. The van der Waals surface area contributed by atoms with E-state index < -0.39 is 0 Å². The number of hydrogen-bond donors (Lipinski definition) is 0. The Morgan fingerprint density at radius 1 is 0.800 bits per heavy atom. The number of hydrogen-bond acceptors (Lipinski definition) is 0. The maximum absolute atomic E-state index is 6.66. The van der Waals surface area contributed by atoms with Crippen molar-refractivity contribution in [2.24, 2.45) is 0 Å². The molecular weight excluding hydrogens is 264 g/mol. The quantitative estimate of drug-likeness (QED) is 0.567. The molecule has 0 aromatic heterocycles. The van der Waals surface area contributed by atoms with E-state index in [0.717, 1.165) is 0 Å². The van der Waals surface area contributed by atoms with E-state index in [-0.39, 0.29) is 5.38 Å². The Balaban J connectivity index is 2.15. The largest absolute Gasteiger partial charge is 0.117 e. The van der Waals surface area contributed by atoms with Crippen molar-refractivity contribution in [2.45, 2.75) is 44.4 Å². The summed E-state index contributed by atoms with van der Waals surface area (Å²) in [5, 5.41) is 0.0170. The molecule has 106 valence electrons. The van der Waals surface area contributed by atoms with Crippen LogP contribution in [-0.2, 0) is 0 Å². The number of alkyl halides is 1. The zero-order chi connectivity index (χ0) is 14.5. The molecule has 2 aromatic carbocycles. The Morgan fingerprint density at radius 3 is 1.90 bits per heavy atom. The van der Waals surface area contributed by atoms with Crippen molar-refractivity contribution < 1.29 is 0 Å². The van der Waals surface area contributed by atoms with Gasteiger partial charge in [0.2, 0.25) is 0 Å². The predicted molar refractivity (Wildman–Crippen MR) is 88.6 cm³/mol. The molecule has 0 bridgehead atoms. The van der Waals surface area contributed by atoms with Crippen molar-refractivity contribution >= 4 is 11.6 Å². The molecule has 0 fully saturated rings. The highest BCUT2D eigenvalue weighted by atomic mass is 35.5. The molecule has 3 atom stereocenters. The summed E-state index contributed by atoms with van der Waals surface area (Å²) in [6, 6.07) is 19.3. The molecule has 3 unspecified atom stereocenters. The van der Waals surface area contributed by atoms with Gasteiger partial charge in [-0.05, 0) is 29.0 Å². The molecule has 0 amide bonds. The van der Waals surface area contributed by atoms with Gasteiger partial charge >= 0.3 is 0 Å². The van der Waals surface area contributed by atoms with E-state index in [1.807, 2.05) is 6.07 Å². The molecular formula is C19H23Cl. The molecule has 0 heterocycles. The molecule has 0 nitrogen and oxygen atoms in total. The van der Waals surface area contributed by atoms with E-state index in [2.05, 4.69) is 69.3 Å². The van der Waals surface area contributed by atoms with Gasteiger partial charge in [0.1, 0.15) is 0 Å². The van der Waals surface area contributed by atoms with Gasteiger partial charge in [-0.25, -0.2) is 0 Å². The lowest BCUT2D eigenvalue weighted by molar-refractivity contribution is 0.721. The van der Waals surface area contributed by atoms with Crippen LogP contribution < -0.4 is 0 Å². The van der Waals surface area contributed by atoms with Crippen LogP contribution in [0.3, 0.4) is 0 Å². The van der Waals surface area contributed by atoms with E-state index in [9.17, 15) is 0 Å². The molecule has 0 saturated heterocycles. The van der Waals surface area contributed by atoms with Crippen molar-refractivity contribution in [3.05, 3.63) is 71.3 Å². The number of halogens is 1. The van der Waals surface area contributed by atoms with Gasteiger partial charge < -0.3 is 0 Å². The first-order valence-electron chi connectivity index (χ1n) is 7.42. The van der Waals surface area contributed by atoms with E-state index in [4.69, 9.17) is 11.6 Å². The van der Waals surface area contributed by atoms with Crippen molar-refractivity contribution in [3.8, 4) is 0 Å². The average Bonchev–Trinajstić information content (AvgIpc) is 2.53. The highest BCUT2D eigenvalue weighted by molar-refractivity contribution is 6.21. The minimum absolute atomic E-state index is 0.0170. The second-order valence-electron chi connectivity index (χ2n) is 5.58. The van der Waals surface area contributed by atoms with Crippen molar-refractivity contribution in [2.75, 3.05) is 0 Å². The molecule has 0 aliphatic rings. The minimum atomic E-state index is 0.0170. The van der Waals surface area contributed by atoms with Gasteiger partial charge in [-0.1, -0.05) is 75.4 Å². The van der Waals surface area contributed by atoms with Gasteiger partial charge in [0.15, 0.2) is 0 Å². The van der Waals surface area contributed by atoms with Crippen LogP contribution in [0.4, 0.5) is 0 Å². The minimum Gasteiger partial charge on any atom is -0.117 e. The normalized spacial score (nSPS) is 15.6. The lowest BCUT2D eigenvalue weighted by Gasteiger charge is -2.19. The summed E-state index contributed by atoms with van der Waals surface area (Å²) in [7, 11) is 0. The summed E-state index contributed by atoms with van der Waals surface area (Å²) in [6.45, 7) is 6.68. The van der Waals surface area contributed by atoms with Crippen molar-refractivity contribution in [1.82, 2.24) is 0 Å². The van der Waals surface area contributed by atoms with Gasteiger partial charge in [0.25, 0.3) is 0 Å². The van der Waals surface area contributed by atoms with Crippen LogP contribution in [0.25, 0.3) is 0 Å². The Hall–Kier alpha value is -1.27. The molecule has 20 heavy (non-hydrogen) atoms. The molecule has 1 heteroatoms. The van der Waals surface area contributed by atoms with E-state index in [1.165, 1.54) is 23.1 Å². The third kappa shape index (κ3) is 3.43. The Morgan fingerprint density at radius 2 is 1.35 bits per heavy atom. The second kappa shape index (κ2) is 6.95. The summed E-state index contributed by atoms with van der Waals surface area (Å²) < 4.78 is 0. The lowest BCUT2D eigenvalue weighted by atomic mass is 9.91. The highest BCUT2D eigenvalue weighted by Gasteiger charge is 2.18. The molecule has 2 aromatic rings. The molecule has 0 spiro atoms. The molecule has 0 radical (unpaired) electrons. The Bertz CT molecular complexity index is 515. The third-order valence-electron chi connectivity index (χ3n) is 4.20. The van der Waals surface area contributed by atoms with E-state index in [0.29, 0.717) is 11.8 Å². The van der Waals surface area contributed by atoms with Gasteiger partial charge in [-0.2, -0.15) is 0 Å². The van der Waals surface area contributed by atoms with Crippen LogP contribution in [0.15, 0.2) is 54.6 Å². The third-order valence-corrected chi connectivity index (χ3v) is 4.83. The van der Waals surface area contributed by atoms with Crippen LogP contribution in [0, 0.1) is 0 Å². The summed E-state index contributed by atoms with van der Waals surface area (Å²) in [5.74, 6) is 0.927. The fourth-order valence-corrected chi connectivity index (χ4v) is 2.75. The van der Waals surface area contributed by atoms with Crippen LogP contribution in [0.5, 0.6) is 0 Å². The van der Waals surface area contributed by atoms with Crippen LogP contribution in [0.1, 0.15) is 61.1 Å². The van der Waals surface area contributed by atoms with Crippen molar-refractivity contribution in [1.29, 1.82) is 0 Å². The standard InChI is InChI=1S/C19H23Cl/c1-4-14(2)16-10-12-18(13-11-16)19(20)15(3)17-8-6-5-7-9-17/h5-15,19H,4H2,1-3H3. The maximum atomic E-state index is 6.66. The lowest BCUT2D eigenvalue weighted by Crippen LogP contribution is -2.03. The van der Waals surface area contributed by atoms with E-state index >= 15 is 0 Å². The Labute approximate surface area is 127 Å². The zero-order valence-electron chi connectivity index (χ0n) is 12.5. The maximum Gasteiger partial charge on any atom is 0.0651 e. The summed E-state index contributed by atoms with van der Waals surface area (Å²) in [5.41, 5.74) is 3.89. The number of rotatable bonds is 5. The summed E-state index contributed by atoms with van der Waals surface area (Å²) >= 11 is 6.66.